The largest absolute Gasteiger partial charge is 0.376 e. The summed E-state index contributed by atoms with van der Waals surface area (Å²) in [6.45, 7) is 3.65. The second-order valence-corrected chi connectivity index (χ2v) is 4.98. The first kappa shape index (κ1) is 14.0. The van der Waals surface area contributed by atoms with Gasteiger partial charge in [-0.2, -0.15) is 5.10 Å². The van der Waals surface area contributed by atoms with Gasteiger partial charge in [-0.05, 0) is 43.1 Å². The highest BCUT2D eigenvalue weighted by molar-refractivity contribution is 7.80. The maximum atomic E-state index is 5.50. The molecule has 19 heavy (non-hydrogen) atoms. The fourth-order valence-electron chi connectivity index (χ4n) is 1.94. The van der Waals surface area contributed by atoms with Crippen molar-refractivity contribution in [2.24, 2.45) is 5.10 Å². The molecule has 102 valence electrons. The normalized spacial score (nSPS) is 18.7. The van der Waals surface area contributed by atoms with Crippen LogP contribution in [0.4, 0.5) is 0 Å². The number of ether oxygens (including phenoxy) is 1. The van der Waals surface area contributed by atoms with E-state index in [1.807, 2.05) is 18.2 Å². The van der Waals surface area contributed by atoms with Gasteiger partial charge in [-0.3, -0.25) is 5.43 Å². The zero-order chi connectivity index (χ0) is 13.5. The van der Waals surface area contributed by atoms with Crippen LogP contribution in [0.1, 0.15) is 24.0 Å². The number of benzene rings is 1. The lowest BCUT2D eigenvalue weighted by atomic mass is 10.1. The van der Waals surface area contributed by atoms with Crippen LogP contribution in [0.5, 0.6) is 0 Å². The SMILES string of the molecule is Cc1ccccc1/C=N\NC(=S)NC[C@@H]1CCCO1. The molecule has 0 aliphatic carbocycles. The van der Waals surface area contributed by atoms with Gasteiger partial charge in [0.2, 0.25) is 0 Å². The van der Waals surface area contributed by atoms with Gasteiger partial charge in [0, 0.05) is 13.2 Å². The smallest absolute Gasteiger partial charge is 0.187 e. The van der Waals surface area contributed by atoms with Gasteiger partial charge in [0.15, 0.2) is 5.11 Å². The summed E-state index contributed by atoms with van der Waals surface area (Å²) >= 11 is 5.15. The molecular weight excluding hydrogens is 258 g/mol. The Labute approximate surface area is 119 Å². The van der Waals surface area contributed by atoms with E-state index in [2.05, 4.69) is 28.8 Å². The summed E-state index contributed by atoms with van der Waals surface area (Å²) in [7, 11) is 0. The average molecular weight is 277 g/mol. The van der Waals surface area contributed by atoms with Crippen molar-refractivity contribution in [1.82, 2.24) is 10.7 Å². The lowest BCUT2D eigenvalue weighted by molar-refractivity contribution is 0.114. The van der Waals surface area contributed by atoms with Gasteiger partial charge in [-0.25, -0.2) is 0 Å². The van der Waals surface area contributed by atoms with Gasteiger partial charge >= 0.3 is 0 Å². The maximum Gasteiger partial charge on any atom is 0.187 e. The average Bonchev–Trinajstić information content (AvgIpc) is 2.92. The zero-order valence-electron chi connectivity index (χ0n) is 11.1. The number of hydrazone groups is 1. The summed E-state index contributed by atoms with van der Waals surface area (Å²) in [6.07, 6.45) is 4.29. The standard InChI is InChI=1S/C14H19N3OS/c1-11-5-2-3-6-12(11)9-16-17-14(19)15-10-13-7-4-8-18-13/h2-3,5-6,9,13H,4,7-8,10H2,1H3,(H2,15,17,19)/b16-9-/t13-/m0/s1. The minimum absolute atomic E-state index is 0.278. The van der Waals surface area contributed by atoms with Crippen molar-refractivity contribution in [3.05, 3.63) is 35.4 Å². The molecule has 0 unspecified atom stereocenters. The summed E-state index contributed by atoms with van der Waals surface area (Å²) < 4.78 is 5.50. The molecular formula is C14H19N3OS. The Morgan fingerprint density at radius 1 is 1.53 bits per heavy atom. The molecule has 1 aromatic rings. The molecule has 0 aromatic heterocycles. The number of nitrogens with one attached hydrogen (secondary N) is 2. The first-order valence-corrected chi connectivity index (χ1v) is 6.90. The predicted molar refractivity (Wildman–Crippen MR) is 81.5 cm³/mol. The van der Waals surface area contributed by atoms with E-state index in [0.717, 1.165) is 31.6 Å². The molecule has 1 saturated heterocycles. The van der Waals surface area contributed by atoms with Crippen LogP contribution >= 0.6 is 12.2 Å². The van der Waals surface area contributed by atoms with Crippen LogP contribution in [0.3, 0.4) is 0 Å². The van der Waals surface area contributed by atoms with E-state index in [1.165, 1.54) is 5.56 Å². The van der Waals surface area contributed by atoms with Gasteiger partial charge in [0.1, 0.15) is 0 Å². The molecule has 1 fully saturated rings. The Hall–Kier alpha value is -1.46. The molecule has 5 heteroatoms. The van der Waals surface area contributed by atoms with Crippen LogP contribution in [-0.2, 0) is 4.74 Å². The molecule has 0 amide bonds. The quantitative estimate of drug-likeness (QED) is 0.502. The molecule has 1 heterocycles. The van der Waals surface area contributed by atoms with Gasteiger partial charge in [0.25, 0.3) is 0 Å². The number of hydrogen-bond donors (Lipinski definition) is 2. The molecule has 1 atom stereocenters. The van der Waals surface area contributed by atoms with E-state index in [-0.39, 0.29) is 6.10 Å². The molecule has 4 nitrogen and oxygen atoms in total. The Morgan fingerprint density at radius 2 is 2.37 bits per heavy atom. The van der Waals surface area contributed by atoms with Crippen molar-refractivity contribution in [1.29, 1.82) is 0 Å². The third-order valence-corrected chi connectivity index (χ3v) is 3.31. The fourth-order valence-corrected chi connectivity index (χ4v) is 2.08. The number of aryl methyl sites for hydroxylation is 1. The van der Waals surface area contributed by atoms with E-state index < -0.39 is 0 Å². The first-order valence-electron chi connectivity index (χ1n) is 6.50. The molecule has 1 aliphatic heterocycles. The Morgan fingerprint density at radius 3 is 3.11 bits per heavy atom. The van der Waals surface area contributed by atoms with Gasteiger partial charge in [-0.15, -0.1) is 0 Å². The second-order valence-electron chi connectivity index (χ2n) is 4.57. The Kier molecular flexibility index (Phi) is 5.30. The first-order chi connectivity index (χ1) is 9.25. The van der Waals surface area contributed by atoms with Crippen molar-refractivity contribution in [3.63, 3.8) is 0 Å². The predicted octanol–water partition coefficient (Wildman–Crippen LogP) is 1.97. The highest BCUT2D eigenvalue weighted by atomic mass is 32.1. The third-order valence-electron chi connectivity index (χ3n) is 3.07. The minimum Gasteiger partial charge on any atom is -0.376 e. The molecule has 0 saturated carbocycles. The van der Waals surface area contributed by atoms with Crippen LogP contribution in [-0.4, -0.2) is 30.6 Å². The zero-order valence-corrected chi connectivity index (χ0v) is 11.9. The van der Waals surface area contributed by atoms with E-state index in [0.29, 0.717) is 5.11 Å². The van der Waals surface area contributed by atoms with E-state index in [1.54, 1.807) is 6.21 Å². The summed E-state index contributed by atoms with van der Waals surface area (Å²) in [5.74, 6) is 0. The van der Waals surface area contributed by atoms with Gasteiger partial charge in [0.05, 0.1) is 12.3 Å². The van der Waals surface area contributed by atoms with Crippen LogP contribution in [0.15, 0.2) is 29.4 Å². The Bertz CT molecular complexity index is 456. The second kappa shape index (κ2) is 7.21. The van der Waals surface area contributed by atoms with Gasteiger partial charge in [-0.1, -0.05) is 24.3 Å². The van der Waals surface area contributed by atoms with E-state index in [4.69, 9.17) is 17.0 Å². The number of nitrogens with zero attached hydrogens (tertiary/aromatic N) is 1. The lowest BCUT2D eigenvalue weighted by Gasteiger charge is -2.11. The molecule has 0 spiro atoms. The number of rotatable bonds is 4. The van der Waals surface area contributed by atoms with Crippen LogP contribution < -0.4 is 10.7 Å². The number of hydrogen-bond acceptors (Lipinski definition) is 3. The third kappa shape index (κ3) is 4.61. The number of thiocarbonyl (C=S) groups is 1. The summed E-state index contributed by atoms with van der Waals surface area (Å²) in [4.78, 5) is 0. The molecule has 2 rings (SSSR count). The van der Waals surface area contributed by atoms with Crippen molar-refractivity contribution in [2.45, 2.75) is 25.9 Å². The van der Waals surface area contributed by atoms with E-state index in [9.17, 15) is 0 Å². The van der Waals surface area contributed by atoms with Crippen LogP contribution in [0.2, 0.25) is 0 Å². The minimum atomic E-state index is 0.278. The summed E-state index contributed by atoms with van der Waals surface area (Å²) in [5, 5.41) is 7.76. The molecule has 1 aromatic carbocycles. The summed E-state index contributed by atoms with van der Waals surface area (Å²) in [5.41, 5.74) is 5.08. The maximum absolute atomic E-state index is 5.50. The van der Waals surface area contributed by atoms with Crippen LogP contribution in [0, 0.1) is 6.92 Å². The van der Waals surface area contributed by atoms with Crippen molar-refractivity contribution < 1.29 is 4.74 Å². The highest BCUT2D eigenvalue weighted by Gasteiger charge is 2.14. The van der Waals surface area contributed by atoms with Gasteiger partial charge < -0.3 is 10.1 Å². The van der Waals surface area contributed by atoms with Crippen LogP contribution in [0.25, 0.3) is 0 Å². The van der Waals surface area contributed by atoms with Crippen molar-refractivity contribution >= 4 is 23.5 Å². The Balaban J connectivity index is 1.72. The highest BCUT2D eigenvalue weighted by Crippen LogP contribution is 2.10. The monoisotopic (exact) mass is 277 g/mol. The topological polar surface area (TPSA) is 45.7 Å². The van der Waals surface area contributed by atoms with Crippen molar-refractivity contribution in [2.75, 3.05) is 13.2 Å². The lowest BCUT2D eigenvalue weighted by Crippen LogP contribution is -2.37. The summed E-state index contributed by atoms with van der Waals surface area (Å²) in [6, 6.07) is 8.06. The molecule has 1 aliphatic rings. The molecule has 2 N–H and O–H groups in total. The van der Waals surface area contributed by atoms with Crippen molar-refractivity contribution in [3.8, 4) is 0 Å². The molecule has 0 bridgehead atoms. The van der Waals surface area contributed by atoms with E-state index >= 15 is 0 Å². The molecule has 0 radical (unpaired) electrons. The fraction of sp³-hybridized carbons (Fsp3) is 0.429.